The largest absolute Gasteiger partial charge is 0.399 e. The van der Waals surface area contributed by atoms with Crippen LogP contribution in [-0.4, -0.2) is 41.3 Å². The zero-order valence-corrected chi connectivity index (χ0v) is 12.8. The minimum absolute atomic E-state index is 0.187. The van der Waals surface area contributed by atoms with Gasteiger partial charge in [0.1, 0.15) is 5.84 Å². The molecule has 2 aliphatic rings. The highest BCUT2D eigenvalue weighted by Gasteiger charge is 2.39. The van der Waals surface area contributed by atoms with Gasteiger partial charge in [0, 0.05) is 19.2 Å². The van der Waals surface area contributed by atoms with E-state index in [0.717, 1.165) is 29.8 Å². The van der Waals surface area contributed by atoms with Crippen LogP contribution in [0.15, 0.2) is 39.4 Å². The van der Waals surface area contributed by atoms with E-state index in [2.05, 4.69) is 22.0 Å². The molecule has 3 rings (SSSR count). The Morgan fingerprint density at radius 3 is 2.64 bits per heavy atom. The van der Waals surface area contributed by atoms with E-state index in [1.54, 1.807) is 12.1 Å². The molecule has 0 fully saturated rings. The van der Waals surface area contributed by atoms with Gasteiger partial charge in [0.25, 0.3) is 5.91 Å². The number of amidine groups is 1. The van der Waals surface area contributed by atoms with Gasteiger partial charge >= 0.3 is 0 Å². The first kappa shape index (κ1) is 14.4. The van der Waals surface area contributed by atoms with E-state index in [9.17, 15) is 4.79 Å². The first-order chi connectivity index (χ1) is 10.6. The molecule has 2 aliphatic heterocycles. The minimum Gasteiger partial charge on any atom is -0.399 e. The molecule has 1 aromatic rings. The van der Waals surface area contributed by atoms with Gasteiger partial charge in [0.15, 0.2) is 6.04 Å². The second-order valence-corrected chi connectivity index (χ2v) is 5.55. The standard InChI is InChI=1S/C16H19N5O/c1-3-4-12-14-15(21(2)20-12)16(22)19-13(18-14)9-10-5-7-11(17)8-6-10/h5-8,15H,3-4,9,17H2,1-2H3. The van der Waals surface area contributed by atoms with Crippen molar-refractivity contribution in [1.29, 1.82) is 0 Å². The zero-order chi connectivity index (χ0) is 15.7. The third kappa shape index (κ3) is 2.64. The number of aliphatic imine (C=N–C) groups is 2. The predicted molar refractivity (Wildman–Crippen MR) is 88.3 cm³/mol. The summed E-state index contributed by atoms with van der Waals surface area (Å²) in [5, 5.41) is 6.10. The van der Waals surface area contributed by atoms with Crippen LogP contribution in [0.1, 0.15) is 25.3 Å². The molecule has 1 atom stereocenters. The van der Waals surface area contributed by atoms with Crippen molar-refractivity contribution in [2.24, 2.45) is 15.1 Å². The molecule has 0 saturated heterocycles. The molecular weight excluding hydrogens is 278 g/mol. The predicted octanol–water partition coefficient (Wildman–Crippen LogP) is 1.66. The number of likely N-dealkylation sites (N-methyl/N-ethyl adjacent to an activating group) is 1. The lowest BCUT2D eigenvalue weighted by Crippen LogP contribution is -2.41. The van der Waals surface area contributed by atoms with Crippen molar-refractivity contribution in [3.05, 3.63) is 29.8 Å². The van der Waals surface area contributed by atoms with Crippen LogP contribution in [0.2, 0.25) is 0 Å². The molecule has 0 spiro atoms. The Bertz CT molecular complexity index is 687. The molecule has 2 N–H and O–H groups in total. The normalized spacial score (nSPS) is 20.5. The monoisotopic (exact) mass is 297 g/mol. The average Bonchev–Trinajstić information content (AvgIpc) is 2.79. The fourth-order valence-corrected chi connectivity index (χ4v) is 2.70. The molecule has 1 aromatic carbocycles. The van der Waals surface area contributed by atoms with Crippen molar-refractivity contribution in [1.82, 2.24) is 5.01 Å². The molecule has 2 heterocycles. The third-order valence-corrected chi connectivity index (χ3v) is 3.76. The summed E-state index contributed by atoms with van der Waals surface area (Å²) in [4.78, 5) is 21.0. The quantitative estimate of drug-likeness (QED) is 0.858. The number of hydrazone groups is 1. The van der Waals surface area contributed by atoms with Gasteiger partial charge in [-0.3, -0.25) is 9.80 Å². The molecule has 0 saturated carbocycles. The van der Waals surface area contributed by atoms with Gasteiger partial charge < -0.3 is 5.73 Å². The van der Waals surface area contributed by atoms with Gasteiger partial charge in [0.2, 0.25) is 0 Å². The lowest BCUT2D eigenvalue weighted by molar-refractivity contribution is -0.120. The number of nitrogens with zero attached hydrogens (tertiary/aromatic N) is 4. The van der Waals surface area contributed by atoms with Crippen LogP contribution in [0, 0.1) is 0 Å². The zero-order valence-electron chi connectivity index (χ0n) is 12.8. The minimum atomic E-state index is -0.447. The number of carbonyl (C=O) groups excluding carboxylic acids is 1. The lowest BCUT2D eigenvalue weighted by Gasteiger charge is -2.19. The summed E-state index contributed by atoms with van der Waals surface area (Å²) in [5.74, 6) is 0.355. The van der Waals surface area contributed by atoms with E-state index >= 15 is 0 Å². The number of anilines is 1. The first-order valence-electron chi connectivity index (χ1n) is 7.43. The fraction of sp³-hybridized carbons (Fsp3) is 0.375. The number of nitrogen functional groups attached to an aromatic ring is 1. The van der Waals surface area contributed by atoms with Crippen LogP contribution in [-0.2, 0) is 11.2 Å². The Kier molecular flexibility index (Phi) is 3.75. The maximum Gasteiger partial charge on any atom is 0.278 e. The van der Waals surface area contributed by atoms with E-state index in [1.165, 1.54) is 0 Å². The van der Waals surface area contributed by atoms with Crippen LogP contribution in [0.3, 0.4) is 0 Å². The maximum atomic E-state index is 12.3. The Morgan fingerprint density at radius 2 is 1.95 bits per heavy atom. The lowest BCUT2D eigenvalue weighted by atomic mass is 10.0. The van der Waals surface area contributed by atoms with Crippen molar-refractivity contribution in [2.45, 2.75) is 32.2 Å². The maximum absolute atomic E-state index is 12.3. The molecule has 6 nitrogen and oxygen atoms in total. The highest BCUT2D eigenvalue weighted by Crippen LogP contribution is 2.20. The SMILES string of the molecule is CCCC1=NN(C)C2C(=O)N=C(Cc3ccc(N)cc3)N=C12. The van der Waals surface area contributed by atoms with Crippen molar-refractivity contribution in [3.63, 3.8) is 0 Å². The number of amides is 1. The van der Waals surface area contributed by atoms with Crippen molar-refractivity contribution < 1.29 is 4.79 Å². The van der Waals surface area contributed by atoms with Gasteiger partial charge in [-0.25, -0.2) is 4.99 Å². The van der Waals surface area contributed by atoms with E-state index in [-0.39, 0.29) is 5.91 Å². The first-order valence-corrected chi connectivity index (χ1v) is 7.43. The van der Waals surface area contributed by atoms with E-state index in [1.807, 2.05) is 24.3 Å². The molecule has 0 aliphatic carbocycles. The number of carbonyl (C=O) groups is 1. The van der Waals surface area contributed by atoms with Crippen LogP contribution in [0.25, 0.3) is 0 Å². The summed E-state index contributed by atoms with van der Waals surface area (Å²) in [7, 11) is 1.79. The van der Waals surface area contributed by atoms with Crippen LogP contribution < -0.4 is 5.73 Å². The highest BCUT2D eigenvalue weighted by atomic mass is 16.2. The molecule has 0 radical (unpaired) electrons. The van der Waals surface area contributed by atoms with Gasteiger partial charge in [-0.05, 0) is 24.1 Å². The fourth-order valence-electron chi connectivity index (χ4n) is 2.70. The topological polar surface area (TPSA) is 83.4 Å². The van der Waals surface area contributed by atoms with Crippen LogP contribution in [0.4, 0.5) is 5.69 Å². The second kappa shape index (κ2) is 5.71. The number of fused-ring (bicyclic) bond motifs is 1. The summed E-state index contributed by atoms with van der Waals surface area (Å²) in [6.45, 7) is 2.09. The molecule has 1 unspecified atom stereocenters. The van der Waals surface area contributed by atoms with E-state index in [0.29, 0.717) is 17.9 Å². The van der Waals surface area contributed by atoms with Gasteiger partial charge in [-0.1, -0.05) is 25.5 Å². The smallest absolute Gasteiger partial charge is 0.278 e. The summed E-state index contributed by atoms with van der Waals surface area (Å²) in [5.41, 5.74) is 9.09. The number of benzene rings is 1. The second-order valence-electron chi connectivity index (χ2n) is 5.55. The number of rotatable bonds is 4. The molecule has 0 aromatic heterocycles. The highest BCUT2D eigenvalue weighted by molar-refractivity contribution is 6.51. The van der Waals surface area contributed by atoms with Crippen LogP contribution in [0.5, 0.6) is 0 Å². The Balaban J connectivity index is 1.86. The van der Waals surface area contributed by atoms with E-state index in [4.69, 9.17) is 5.73 Å². The van der Waals surface area contributed by atoms with Crippen molar-refractivity contribution in [2.75, 3.05) is 12.8 Å². The summed E-state index contributed by atoms with van der Waals surface area (Å²) >= 11 is 0. The van der Waals surface area contributed by atoms with Crippen molar-refractivity contribution in [3.8, 4) is 0 Å². The molecule has 6 heteroatoms. The van der Waals surface area contributed by atoms with Crippen molar-refractivity contribution >= 4 is 28.9 Å². The molecule has 22 heavy (non-hydrogen) atoms. The van der Waals surface area contributed by atoms with E-state index < -0.39 is 6.04 Å². The van der Waals surface area contributed by atoms with Gasteiger partial charge in [0.05, 0.1) is 11.4 Å². The Morgan fingerprint density at radius 1 is 1.23 bits per heavy atom. The van der Waals surface area contributed by atoms with Crippen LogP contribution >= 0.6 is 0 Å². The number of hydrogen-bond donors (Lipinski definition) is 1. The molecule has 0 bridgehead atoms. The summed E-state index contributed by atoms with van der Waals surface area (Å²) in [6.07, 6.45) is 2.31. The Hall–Kier alpha value is -2.50. The average molecular weight is 297 g/mol. The molecule has 114 valence electrons. The van der Waals surface area contributed by atoms with Gasteiger partial charge in [-0.15, -0.1) is 0 Å². The molecular formula is C16H19N5O. The summed E-state index contributed by atoms with van der Waals surface area (Å²) in [6, 6.07) is 7.08. The van der Waals surface area contributed by atoms with Gasteiger partial charge in [-0.2, -0.15) is 10.1 Å². The number of nitrogens with two attached hydrogens (primary N) is 1. The number of hydrogen-bond acceptors (Lipinski definition) is 5. The third-order valence-electron chi connectivity index (χ3n) is 3.76. The summed E-state index contributed by atoms with van der Waals surface area (Å²) < 4.78 is 0. The molecule has 1 amide bonds. The Labute approximate surface area is 129 Å².